The molecule has 2 aliphatic rings. The van der Waals surface area contributed by atoms with Crippen LogP contribution in [0.1, 0.15) is 68.4 Å². The number of ether oxygens (including phenoxy) is 4. The van der Waals surface area contributed by atoms with Gasteiger partial charge in [-0.15, -0.1) is 0 Å². The molecule has 3 N–H and O–H groups in total. The number of nitrogens with zero attached hydrogens (tertiary/aromatic N) is 1. The van der Waals surface area contributed by atoms with E-state index in [0.717, 1.165) is 73.3 Å². The molecule has 1 saturated heterocycles. The molecule has 3 aromatic rings. The maximum Gasteiger partial charge on any atom is 0.325 e. The number of benzene rings is 3. The van der Waals surface area contributed by atoms with Crippen molar-refractivity contribution in [3.8, 4) is 28.4 Å². The first-order valence-corrected chi connectivity index (χ1v) is 17.5. The Morgan fingerprint density at radius 2 is 1.85 bits per heavy atom. The Balaban J connectivity index is 1.28. The molecule has 3 atom stereocenters. The zero-order chi connectivity index (χ0) is 34.2. The van der Waals surface area contributed by atoms with E-state index in [1.807, 2.05) is 19.1 Å². The number of hydrogen-bond acceptors (Lipinski definition) is 9. The van der Waals surface area contributed by atoms with Gasteiger partial charge in [0, 0.05) is 37.8 Å². The normalized spacial score (nSPS) is 18.2. The summed E-state index contributed by atoms with van der Waals surface area (Å²) >= 11 is 6.77. The zero-order valence-corrected chi connectivity index (χ0v) is 29.2. The van der Waals surface area contributed by atoms with Gasteiger partial charge in [-0.3, -0.25) is 10.1 Å². The molecule has 1 aliphatic heterocycles. The van der Waals surface area contributed by atoms with Gasteiger partial charge in [-0.25, -0.2) is 0 Å². The molecule has 0 aromatic heterocycles. The lowest BCUT2D eigenvalue weighted by Crippen LogP contribution is -2.41. The van der Waals surface area contributed by atoms with Crippen LogP contribution >= 0.6 is 11.6 Å². The quantitative estimate of drug-likeness (QED) is 0.124. The zero-order valence-electron chi connectivity index (χ0n) is 28.5. The van der Waals surface area contributed by atoms with E-state index in [9.17, 15) is 15.0 Å². The first-order chi connectivity index (χ1) is 23.2. The van der Waals surface area contributed by atoms with Crippen molar-refractivity contribution in [3.05, 3.63) is 75.8 Å². The molecule has 1 fully saturated rings. The molecule has 5 rings (SSSR count). The van der Waals surface area contributed by atoms with Crippen molar-refractivity contribution in [1.82, 2.24) is 10.2 Å². The number of aliphatic hydroxyl groups is 2. The number of carbonyl (C=O) groups excluding carboxylic acids is 1. The van der Waals surface area contributed by atoms with Crippen LogP contribution in [0.3, 0.4) is 0 Å². The minimum Gasteiger partial charge on any atom is -0.493 e. The number of esters is 1. The number of nitrogens with one attached hydrogen (secondary N) is 1. The lowest BCUT2D eigenvalue weighted by atomic mass is 9.93. The smallest absolute Gasteiger partial charge is 0.325 e. The molecule has 0 amide bonds. The third-order valence-electron chi connectivity index (χ3n) is 8.96. The van der Waals surface area contributed by atoms with Crippen molar-refractivity contribution < 1.29 is 34.0 Å². The van der Waals surface area contributed by atoms with Crippen LogP contribution in [0.5, 0.6) is 17.2 Å². The number of halogens is 1. The highest BCUT2D eigenvalue weighted by atomic mass is 35.5. The third kappa shape index (κ3) is 8.81. The van der Waals surface area contributed by atoms with Gasteiger partial charge in [0.25, 0.3) is 0 Å². The van der Waals surface area contributed by atoms with Crippen LogP contribution in [0.25, 0.3) is 11.1 Å². The van der Waals surface area contributed by atoms with Gasteiger partial charge in [-0.05, 0) is 93.3 Å². The molecule has 10 heteroatoms. The van der Waals surface area contributed by atoms with E-state index in [0.29, 0.717) is 29.7 Å². The van der Waals surface area contributed by atoms with E-state index < -0.39 is 18.6 Å². The van der Waals surface area contributed by atoms with Gasteiger partial charge in [0.2, 0.25) is 0 Å². The number of likely N-dealkylation sites (tertiary alicyclic amines) is 1. The fourth-order valence-corrected chi connectivity index (χ4v) is 6.79. The molecule has 0 unspecified atom stereocenters. The second-order valence-electron chi connectivity index (χ2n) is 12.8. The Bertz CT molecular complexity index is 1550. The summed E-state index contributed by atoms with van der Waals surface area (Å²) in [6.45, 7) is 11.1. The minimum absolute atomic E-state index is 0.177. The largest absolute Gasteiger partial charge is 0.493 e. The van der Waals surface area contributed by atoms with Gasteiger partial charge in [0.15, 0.2) is 0 Å². The fourth-order valence-electron chi connectivity index (χ4n) is 6.56. The van der Waals surface area contributed by atoms with Gasteiger partial charge in [-0.2, -0.15) is 0 Å². The van der Waals surface area contributed by atoms with E-state index in [1.54, 1.807) is 19.9 Å². The van der Waals surface area contributed by atoms with Gasteiger partial charge < -0.3 is 34.1 Å². The molecule has 0 spiro atoms. The Kier molecular flexibility index (Phi) is 12.6. The van der Waals surface area contributed by atoms with E-state index in [4.69, 9.17) is 30.5 Å². The SMILES string of the molecule is CCOc1cc(O[C@H]2CCc3c(-c4cccc(OCCCN5CC[C@@H](O)C5)c4C)cccc32)c(Cl)cc1CN[C@@H](CO)C(=O)OC(C)C. The summed E-state index contributed by atoms with van der Waals surface area (Å²) in [4.78, 5) is 14.6. The van der Waals surface area contributed by atoms with Crippen molar-refractivity contribution in [3.63, 3.8) is 0 Å². The Hall–Kier alpha value is -3.34. The number of rotatable bonds is 16. The first kappa shape index (κ1) is 36.0. The maximum absolute atomic E-state index is 12.3. The first-order valence-electron chi connectivity index (χ1n) is 17.1. The van der Waals surface area contributed by atoms with Gasteiger partial charge in [0.05, 0.1) is 37.1 Å². The van der Waals surface area contributed by atoms with Crippen LogP contribution in [0.4, 0.5) is 0 Å². The van der Waals surface area contributed by atoms with E-state index >= 15 is 0 Å². The molecule has 1 heterocycles. The number of β-amino-alcohol motifs (C(OH)–C–C–N with tert-alkyl or cyclic N) is 1. The summed E-state index contributed by atoms with van der Waals surface area (Å²) in [7, 11) is 0. The predicted octanol–water partition coefficient (Wildman–Crippen LogP) is 6.02. The predicted molar refractivity (Wildman–Crippen MR) is 187 cm³/mol. The Labute approximate surface area is 289 Å². The van der Waals surface area contributed by atoms with Crippen molar-refractivity contribution in [2.45, 2.75) is 84.3 Å². The van der Waals surface area contributed by atoms with Crippen LogP contribution in [0.2, 0.25) is 5.02 Å². The molecule has 0 radical (unpaired) electrons. The third-order valence-corrected chi connectivity index (χ3v) is 9.25. The highest BCUT2D eigenvalue weighted by Crippen LogP contribution is 2.44. The summed E-state index contributed by atoms with van der Waals surface area (Å²) < 4.78 is 24.0. The average Bonchev–Trinajstić information content (AvgIpc) is 3.67. The number of fused-ring (bicyclic) bond motifs is 1. The second kappa shape index (κ2) is 16.9. The molecule has 3 aromatic carbocycles. The Morgan fingerprint density at radius 1 is 1.06 bits per heavy atom. The number of hydrogen-bond donors (Lipinski definition) is 3. The van der Waals surface area contributed by atoms with Crippen molar-refractivity contribution in [1.29, 1.82) is 0 Å². The van der Waals surface area contributed by atoms with Crippen LogP contribution in [-0.2, 0) is 22.5 Å². The molecule has 0 bridgehead atoms. The number of aliphatic hydroxyl groups excluding tert-OH is 2. The molecular formula is C38H49ClN2O7. The van der Waals surface area contributed by atoms with Crippen LogP contribution in [-0.4, -0.2) is 78.8 Å². The second-order valence-corrected chi connectivity index (χ2v) is 13.2. The summed E-state index contributed by atoms with van der Waals surface area (Å²) in [5.74, 6) is 1.50. The number of carbonyl (C=O) groups is 1. The van der Waals surface area contributed by atoms with E-state index in [2.05, 4.69) is 47.5 Å². The van der Waals surface area contributed by atoms with E-state index in [1.165, 1.54) is 11.1 Å². The van der Waals surface area contributed by atoms with Gasteiger partial charge in [0.1, 0.15) is 29.4 Å². The minimum atomic E-state index is -0.868. The van der Waals surface area contributed by atoms with Crippen molar-refractivity contribution in [2.24, 2.45) is 0 Å². The molecular weight excluding hydrogens is 632 g/mol. The lowest BCUT2D eigenvalue weighted by molar-refractivity contribution is -0.151. The summed E-state index contributed by atoms with van der Waals surface area (Å²) in [5.41, 5.74) is 6.60. The molecule has 260 valence electrons. The van der Waals surface area contributed by atoms with E-state index in [-0.39, 0.29) is 24.9 Å². The van der Waals surface area contributed by atoms with Crippen LogP contribution < -0.4 is 19.5 Å². The van der Waals surface area contributed by atoms with Crippen LogP contribution in [0, 0.1) is 6.92 Å². The highest BCUT2D eigenvalue weighted by molar-refractivity contribution is 6.32. The lowest BCUT2D eigenvalue weighted by Gasteiger charge is -2.21. The van der Waals surface area contributed by atoms with Gasteiger partial charge in [-0.1, -0.05) is 41.9 Å². The maximum atomic E-state index is 12.3. The summed E-state index contributed by atoms with van der Waals surface area (Å²) in [6.07, 6.45) is 2.79. The Morgan fingerprint density at radius 3 is 2.58 bits per heavy atom. The summed E-state index contributed by atoms with van der Waals surface area (Å²) in [6, 6.07) is 15.3. The standard InChI is InChI=1S/C38H49ClN2O7/c1-5-45-36-20-37(32(39)19-26(36)21-40-33(23-42)38(44)47-24(2)3)48-35-14-13-30-29(10-6-11-31(30)35)28-9-7-12-34(25(28)4)46-18-8-16-41-17-15-27(43)22-41/h6-7,9-12,19-20,24,27,33,35,40,42-43H,5,8,13-18,21-23H2,1-4H3/t27-,33+,35+/m1/s1. The van der Waals surface area contributed by atoms with Crippen molar-refractivity contribution in [2.75, 3.05) is 39.5 Å². The van der Waals surface area contributed by atoms with Crippen LogP contribution in [0.15, 0.2) is 48.5 Å². The molecule has 9 nitrogen and oxygen atoms in total. The fraction of sp³-hybridized carbons (Fsp3) is 0.500. The van der Waals surface area contributed by atoms with Gasteiger partial charge >= 0.3 is 5.97 Å². The summed E-state index contributed by atoms with van der Waals surface area (Å²) in [5, 5.41) is 23.0. The molecule has 1 aliphatic carbocycles. The topological polar surface area (TPSA) is 110 Å². The van der Waals surface area contributed by atoms with Crippen molar-refractivity contribution >= 4 is 17.6 Å². The monoisotopic (exact) mass is 680 g/mol. The average molecular weight is 681 g/mol. The molecule has 0 saturated carbocycles. The molecule has 48 heavy (non-hydrogen) atoms. The highest BCUT2D eigenvalue weighted by Gasteiger charge is 2.29.